The number of carbonyl (C=O) groups is 2. The van der Waals surface area contributed by atoms with Gasteiger partial charge in [-0.15, -0.1) is 0 Å². The van der Waals surface area contributed by atoms with Gasteiger partial charge in [0.2, 0.25) is 0 Å². The predicted molar refractivity (Wildman–Crippen MR) is 54.0 cm³/mol. The molecule has 4 nitrogen and oxygen atoms in total. The van der Waals surface area contributed by atoms with Crippen molar-refractivity contribution in [2.24, 2.45) is 0 Å². The molecule has 0 fully saturated rings. The maximum Gasteiger partial charge on any atom is 0.303 e. The summed E-state index contributed by atoms with van der Waals surface area (Å²) in [6.45, 7) is 1.63. The second-order valence-electron chi connectivity index (χ2n) is 3.27. The minimum absolute atomic E-state index is 0.0420. The number of aromatic hydroxyl groups is 1. The lowest BCUT2D eigenvalue weighted by Crippen LogP contribution is -2.05. The molecule has 0 amide bonds. The maximum atomic E-state index is 11.5. The van der Waals surface area contributed by atoms with E-state index in [0.717, 1.165) is 0 Å². The van der Waals surface area contributed by atoms with Gasteiger partial charge >= 0.3 is 5.97 Å². The van der Waals surface area contributed by atoms with E-state index in [2.05, 4.69) is 0 Å². The standard InChI is InChI=1S/C11H12O4/c1-7-8(3-2-4-9(7)12)10(13)5-6-11(14)15/h2-4,12H,5-6H2,1H3,(H,14,15). The molecule has 4 heteroatoms. The lowest BCUT2D eigenvalue weighted by Gasteiger charge is -2.05. The molecule has 0 spiro atoms. The third-order valence-electron chi connectivity index (χ3n) is 2.17. The first kappa shape index (κ1) is 11.2. The Labute approximate surface area is 87.2 Å². The molecular weight excluding hydrogens is 196 g/mol. The van der Waals surface area contributed by atoms with E-state index >= 15 is 0 Å². The van der Waals surface area contributed by atoms with Crippen molar-refractivity contribution in [3.05, 3.63) is 29.3 Å². The first-order valence-electron chi connectivity index (χ1n) is 4.56. The van der Waals surface area contributed by atoms with E-state index in [0.29, 0.717) is 11.1 Å². The van der Waals surface area contributed by atoms with E-state index in [1.807, 2.05) is 0 Å². The molecule has 0 atom stereocenters. The average Bonchev–Trinajstić information content (AvgIpc) is 2.18. The van der Waals surface area contributed by atoms with Crippen molar-refractivity contribution in [3.63, 3.8) is 0 Å². The number of benzene rings is 1. The molecule has 0 bridgehead atoms. The second kappa shape index (κ2) is 4.59. The second-order valence-corrected chi connectivity index (χ2v) is 3.27. The Morgan fingerprint density at radius 1 is 1.27 bits per heavy atom. The van der Waals surface area contributed by atoms with Crippen LogP contribution in [-0.4, -0.2) is 22.0 Å². The fourth-order valence-corrected chi connectivity index (χ4v) is 1.28. The molecule has 2 N–H and O–H groups in total. The Balaban J connectivity index is 2.82. The molecule has 1 aromatic rings. The highest BCUT2D eigenvalue weighted by Crippen LogP contribution is 2.20. The molecule has 0 heterocycles. The van der Waals surface area contributed by atoms with E-state index in [4.69, 9.17) is 5.11 Å². The summed E-state index contributed by atoms with van der Waals surface area (Å²) >= 11 is 0. The zero-order valence-electron chi connectivity index (χ0n) is 8.36. The molecule has 1 aromatic carbocycles. The summed E-state index contributed by atoms with van der Waals surface area (Å²) in [4.78, 5) is 21.8. The summed E-state index contributed by atoms with van der Waals surface area (Å²) < 4.78 is 0. The number of rotatable bonds is 4. The third kappa shape index (κ3) is 2.80. The highest BCUT2D eigenvalue weighted by atomic mass is 16.4. The summed E-state index contributed by atoms with van der Waals surface area (Å²) in [7, 11) is 0. The van der Waals surface area contributed by atoms with Gasteiger partial charge in [0.1, 0.15) is 5.75 Å². The summed E-state index contributed by atoms with van der Waals surface area (Å²) in [5.41, 5.74) is 0.879. The first-order valence-corrected chi connectivity index (χ1v) is 4.56. The molecule has 0 aliphatic heterocycles. The zero-order chi connectivity index (χ0) is 11.4. The minimum Gasteiger partial charge on any atom is -0.508 e. The number of carbonyl (C=O) groups excluding carboxylic acids is 1. The molecule has 80 valence electrons. The quantitative estimate of drug-likeness (QED) is 0.739. The topological polar surface area (TPSA) is 74.6 Å². The van der Waals surface area contributed by atoms with Crippen LogP contribution in [0.5, 0.6) is 5.75 Å². The molecule has 0 radical (unpaired) electrons. The number of carboxylic acid groups (broad SMARTS) is 1. The van der Waals surface area contributed by atoms with Crippen LogP contribution in [-0.2, 0) is 4.79 Å². The van der Waals surface area contributed by atoms with Crippen LogP contribution in [0, 0.1) is 6.92 Å². The van der Waals surface area contributed by atoms with Gasteiger partial charge in [0.15, 0.2) is 5.78 Å². The lowest BCUT2D eigenvalue weighted by atomic mass is 10.0. The van der Waals surface area contributed by atoms with Gasteiger partial charge < -0.3 is 10.2 Å². The Hall–Kier alpha value is -1.84. The largest absolute Gasteiger partial charge is 0.508 e. The van der Waals surface area contributed by atoms with E-state index in [-0.39, 0.29) is 24.4 Å². The van der Waals surface area contributed by atoms with Crippen LogP contribution in [0.4, 0.5) is 0 Å². The van der Waals surface area contributed by atoms with Gasteiger partial charge in [0.05, 0.1) is 6.42 Å². The molecule has 0 aliphatic rings. The molecule has 0 saturated heterocycles. The van der Waals surface area contributed by atoms with Crippen LogP contribution >= 0.6 is 0 Å². The molecule has 0 saturated carbocycles. The molecule has 15 heavy (non-hydrogen) atoms. The number of hydrogen-bond donors (Lipinski definition) is 2. The van der Waals surface area contributed by atoms with E-state index in [1.165, 1.54) is 6.07 Å². The van der Waals surface area contributed by atoms with Gasteiger partial charge in [-0.1, -0.05) is 12.1 Å². The fourth-order valence-electron chi connectivity index (χ4n) is 1.28. The number of Topliss-reactive ketones (excluding diaryl/α,β-unsaturated/α-hetero) is 1. The summed E-state index contributed by atoms with van der Waals surface area (Å²) in [6, 6.07) is 4.64. The third-order valence-corrected chi connectivity index (χ3v) is 2.17. The van der Waals surface area contributed by atoms with Gasteiger partial charge in [0, 0.05) is 17.5 Å². The molecule has 0 aromatic heterocycles. The van der Waals surface area contributed by atoms with Crippen molar-refractivity contribution in [2.45, 2.75) is 19.8 Å². The smallest absolute Gasteiger partial charge is 0.303 e. The number of phenols is 1. The fraction of sp³-hybridized carbons (Fsp3) is 0.273. The molecule has 0 aliphatic carbocycles. The Morgan fingerprint density at radius 3 is 2.53 bits per heavy atom. The highest BCUT2D eigenvalue weighted by Gasteiger charge is 2.12. The van der Waals surface area contributed by atoms with Crippen molar-refractivity contribution in [1.82, 2.24) is 0 Å². The normalized spacial score (nSPS) is 9.93. The number of carboxylic acids is 1. The van der Waals surface area contributed by atoms with E-state index in [9.17, 15) is 14.7 Å². The van der Waals surface area contributed by atoms with Crippen LogP contribution in [0.15, 0.2) is 18.2 Å². The molecule has 1 rings (SSSR count). The van der Waals surface area contributed by atoms with Crippen molar-refractivity contribution in [1.29, 1.82) is 0 Å². The van der Waals surface area contributed by atoms with Crippen LogP contribution < -0.4 is 0 Å². The van der Waals surface area contributed by atoms with Crippen molar-refractivity contribution < 1.29 is 19.8 Å². The Bertz CT molecular complexity index is 396. The summed E-state index contributed by atoms with van der Waals surface area (Å²) in [5.74, 6) is -1.21. The van der Waals surface area contributed by atoms with Gasteiger partial charge in [-0.25, -0.2) is 0 Å². The minimum atomic E-state index is -0.999. The highest BCUT2D eigenvalue weighted by molar-refractivity contribution is 5.99. The number of phenolic OH excluding ortho intramolecular Hbond substituents is 1. The number of hydrogen-bond acceptors (Lipinski definition) is 3. The van der Waals surface area contributed by atoms with Gasteiger partial charge in [0.25, 0.3) is 0 Å². The predicted octanol–water partition coefficient (Wildman–Crippen LogP) is 1.75. The van der Waals surface area contributed by atoms with Gasteiger partial charge in [-0.05, 0) is 13.0 Å². The molecule has 0 unspecified atom stereocenters. The van der Waals surface area contributed by atoms with E-state index in [1.54, 1.807) is 19.1 Å². The lowest BCUT2D eigenvalue weighted by molar-refractivity contribution is -0.136. The van der Waals surface area contributed by atoms with Gasteiger partial charge in [-0.3, -0.25) is 9.59 Å². The van der Waals surface area contributed by atoms with E-state index < -0.39 is 5.97 Å². The van der Waals surface area contributed by atoms with Crippen LogP contribution in [0.3, 0.4) is 0 Å². The Kier molecular flexibility index (Phi) is 3.44. The zero-order valence-corrected chi connectivity index (χ0v) is 8.36. The SMILES string of the molecule is Cc1c(O)cccc1C(=O)CCC(=O)O. The van der Waals surface area contributed by atoms with Crippen LogP contribution in [0.25, 0.3) is 0 Å². The van der Waals surface area contributed by atoms with Crippen molar-refractivity contribution >= 4 is 11.8 Å². The molecular formula is C11H12O4. The average molecular weight is 208 g/mol. The number of ketones is 1. The maximum absolute atomic E-state index is 11.5. The van der Waals surface area contributed by atoms with Crippen LogP contribution in [0.1, 0.15) is 28.8 Å². The van der Waals surface area contributed by atoms with Gasteiger partial charge in [-0.2, -0.15) is 0 Å². The summed E-state index contributed by atoms with van der Waals surface area (Å²) in [5, 5.41) is 17.8. The number of aliphatic carboxylic acids is 1. The van der Waals surface area contributed by atoms with Crippen molar-refractivity contribution in [2.75, 3.05) is 0 Å². The van der Waals surface area contributed by atoms with Crippen molar-refractivity contribution in [3.8, 4) is 5.75 Å². The Morgan fingerprint density at radius 2 is 1.93 bits per heavy atom. The summed E-state index contributed by atoms with van der Waals surface area (Å²) in [6.07, 6.45) is -0.229. The monoisotopic (exact) mass is 208 g/mol. The van der Waals surface area contributed by atoms with Crippen LogP contribution in [0.2, 0.25) is 0 Å². The first-order chi connectivity index (χ1) is 7.02.